The Morgan fingerprint density at radius 2 is 1.86 bits per heavy atom. The SMILES string of the molecule is CCC1=Nc2ccccc2CC(c2ccc(Cl)cc2)N1C. The summed E-state index contributed by atoms with van der Waals surface area (Å²) in [5.41, 5.74) is 3.67. The molecule has 1 atom stereocenters. The minimum atomic E-state index is 0.296. The molecule has 2 aromatic rings. The fourth-order valence-corrected chi connectivity index (χ4v) is 3.02. The fraction of sp³-hybridized carbons (Fsp3) is 0.278. The van der Waals surface area contributed by atoms with Crippen molar-refractivity contribution in [1.82, 2.24) is 4.90 Å². The lowest BCUT2D eigenvalue weighted by atomic mass is 9.97. The Morgan fingerprint density at radius 3 is 2.57 bits per heavy atom. The maximum absolute atomic E-state index is 6.02. The molecule has 2 nitrogen and oxygen atoms in total. The van der Waals surface area contributed by atoms with Gasteiger partial charge in [0.25, 0.3) is 0 Å². The van der Waals surface area contributed by atoms with Gasteiger partial charge in [-0.25, -0.2) is 4.99 Å². The maximum atomic E-state index is 6.02. The van der Waals surface area contributed by atoms with Crippen LogP contribution in [-0.4, -0.2) is 17.8 Å². The molecule has 1 aliphatic heterocycles. The van der Waals surface area contributed by atoms with Gasteiger partial charge in [0.15, 0.2) is 0 Å². The molecule has 0 amide bonds. The minimum Gasteiger partial charge on any atom is -0.356 e. The number of aliphatic imine (C=N–C) groups is 1. The van der Waals surface area contributed by atoms with Crippen molar-refractivity contribution in [2.24, 2.45) is 4.99 Å². The molecular formula is C18H19ClN2. The summed E-state index contributed by atoms with van der Waals surface area (Å²) in [6.07, 6.45) is 1.89. The maximum Gasteiger partial charge on any atom is 0.105 e. The summed E-state index contributed by atoms with van der Waals surface area (Å²) in [6.45, 7) is 2.15. The third-order valence-electron chi connectivity index (χ3n) is 4.10. The first-order valence-electron chi connectivity index (χ1n) is 7.33. The van der Waals surface area contributed by atoms with Gasteiger partial charge >= 0.3 is 0 Å². The summed E-state index contributed by atoms with van der Waals surface area (Å²) >= 11 is 6.02. The average molecular weight is 299 g/mol. The van der Waals surface area contributed by atoms with E-state index in [0.29, 0.717) is 6.04 Å². The number of halogens is 1. The minimum absolute atomic E-state index is 0.296. The lowest BCUT2D eigenvalue weighted by Gasteiger charge is -2.29. The Balaban J connectivity index is 2.06. The van der Waals surface area contributed by atoms with Crippen LogP contribution in [0.15, 0.2) is 53.5 Å². The lowest BCUT2D eigenvalue weighted by molar-refractivity contribution is 0.370. The first kappa shape index (κ1) is 14.2. The summed E-state index contributed by atoms with van der Waals surface area (Å²) in [6, 6.07) is 16.9. The molecule has 1 heterocycles. The standard InChI is InChI=1S/C18H19ClN2/c1-3-18-20-16-7-5-4-6-14(16)12-17(21(18)2)13-8-10-15(19)11-9-13/h4-11,17H,3,12H2,1-2H3. The van der Waals surface area contributed by atoms with Crippen molar-refractivity contribution >= 4 is 23.1 Å². The number of amidine groups is 1. The van der Waals surface area contributed by atoms with Crippen molar-refractivity contribution in [3.8, 4) is 0 Å². The van der Waals surface area contributed by atoms with E-state index in [1.807, 2.05) is 12.1 Å². The number of hydrogen-bond acceptors (Lipinski definition) is 2. The highest BCUT2D eigenvalue weighted by Gasteiger charge is 2.24. The van der Waals surface area contributed by atoms with Gasteiger partial charge in [0, 0.05) is 18.5 Å². The van der Waals surface area contributed by atoms with Gasteiger partial charge in [0.1, 0.15) is 5.84 Å². The van der Waals surface area contributed by atoms with E-state index in [4.69, 9.17) is 16.6 Å². The average Bonchev–Trinajstić information content (AvgIpc) is 2.65. The number of nitrogens with zero attached hydrogens (tertiary/aromatic N) is 2. The number of rotatable bonds is 2. The van der Waals surface area contributed by atoms with Crippen LogP contribution in [0.1, 0.15) is 30.5 Å². The molecule has 21 heavy (non-hydrogen) atoms. The molecule has 0 spiro atoms. The predicted octanol–water partition coefficient (Wildman–Crippen LogP) is 5.01. The number of para-hydroxylation sites is 1. The van der Waals surface area contributed by atoms with Crippen molar-refractivity contribution in [1.29, 1.82) is 0 Å². The summed E-state index contributed by atoms with van der Waals surface area (Å²) in [4.78, 5) is 7.14. The highest BCUT2D eigenvalue weighted by atomic mass is 35.5. The van der Waals surface area contributed by atoms with Crippen LogP contribution in [0.3, 0.4) is 0 Å². The first-order chi connectivity index (χ1) is 10.2. The molecule has 0 bridgehead atoms. The van der Waals surface area contributed by atoms with E-state index in [2.05, 4.69) is 55.3 Å². The third-order valence-corrected chi connectivity index (χ3v) is 4.35. The summed E-state index contributed by atoms with van der Waals surface area (Å²) < 4.78 is 0. The molecule has 108 valence electrons. The molecule has 0 saturated heterocycles. The molecule has 0 fully saturated rings. The van der Waals surface area contributed by atoms with Gasteiger partial charge < -0.3 is 4.90 Å². The van der Waals surface area contributed by atoms with Crippen LogP contribution in [-0.2, 0) is 6.42 Å². The van der Waals surface area contributed by atoms with Gasteiger partial charge in [0.2, 0.25) is 0 Å². The molecule has 3 rings (SSSR count). The lowest BCUT2D eigenvalue weighted by Crippen LogP contribution is -2.30. The van der Waals surface area contributed by atoms with E-state index in [9.17, 15) is 0 Å². The molecule has 0 aliphatic carbocycles. The van der Waals surface area contributed by atoms with Gasteiger partial charge in [0.05, 0.1) is 11.7 Å². The van der Waals surface area contributed by atoms with E-state index < -0.39 is 0 Å². The molecule has 0 aromatic heterocycles. The fourth-order valence-electron chi connectivity index (χ4n) is 2.89. The molecule has 0 N–H and O–H groups in total. The zero-order valence-corrected chi connectivity index (χ0v) is 13.1. The highest BCUT2D eigenvalue weighted by Crippen LogP contribution is 2.33. The second-order valence-corrected chi connectivity index (χ2v) is 5.83. The van der Waals surface area contributed by atoms with E-state index in [1.54, 1.807) is 0 Å². The quantitative estimate of drug-likeness (QED) is 0.761. The van der Waals surface area contributed by atoms with Crippen LogP contribution in [0.25, 0.3) is 0 Å². The molecule has 2 aromatic carbocycles. The first-order valence-corrected chi connectivity index (χ1v) is 7.70. The monoisotopic (exact) mass is 298 g/mol. The van der Waals surface area contributed by atoms with Crippen molar-refractivity contribution in [3.63, 3.8) is 0 Å². The highest BCUT2D eigenvalue weighted by molar-refractivity contribution is 6.30. The molecule has 3 heteroatoms. The zero-order valence-electron chi connectivity index (χ0n) is 12.4. The normalized spacial score (nSPS) is 18.0. The Morgan fingerprint density at radius 1 is 1.14 bits per heavy atom. The molecule has 0 radical (unpaired) electrons. The van der Waals surface area contributed by atoms with Crippen molar-refractivity contribution in [2.45, 2.75) is 25.8 Å². The topological polar surface area (TPSA) is 15.6 Å². The Bertz CT molecular complexity index is 661. The second kappa shape index (κ2) is 5.90. The van der Waals surface area contributed by atoms with Gasteiger partial charge in [-0.05, 0) is 35.7 Å². The summed E-state index contributed by atoms with van der Waals surface area (Å²) in [5.74, 6) is 1.12. The summed E-state index contributed by atoms with van der Waals surface area (Å²) in [7, 11) is 2.13. The van der Waals surface area contributed by atoms with E-state index in [0.717, 1.165) is 29.4 Å². The molecular weight excluding hydrogens is 280 g/mol. The Labute approximate surface area is 131 Å². The Kier molecular flexibility index (Phi) is 3.98. The largest absolute Gasteiger partial charge is 0.356 e. The summed E-state index contributed by atoms with van der Waals surface area (Å²) in [5, 5.41) is 0.778. The predicted molar refractivity (Wildman–Crippen MR) is 89.5 cm³/mol. The van der Waals surface area contributed by atoms with E-state index in [-0.39, 0.29) is 0 Å². The molecule has 0 saturated carbocycles. The van der Waals surface area contributed by atoms with Crippen LogP contribution in [0.4, 0.5) is 5.69 Å². The third kappa shape index (κ3) is 2.81. The molecule has 1 unspecified atom stereocenters. The van der Waals surface area contributed by atoms with Crippen molar-refractivity contribution < 1.29 is 0 Å². The van der Waals surface area contributed by atoms with Crippen molar-refractivity contribution in [3.05, 3.63) is 64.7 Å². The van der Waals surface area contributed by atoms with Crippen LogP contribution in [0.5, 0.6) is 0 Å². The van der Waals surface area contributed by atoms with Crippen LogP contribution in [0.2, 0.25) is 5.02 Å². The smallest absolute Gasteiger partial charge is 0.105 e. The van der Waals surface area contributed by atoms with E-state index >= 15 is 0 Å². The molecule has 1 aliphatic rings. The Hall–Kier alpha value is -1.80. The van der Waals surface area contributed by atoms with Gasteiger partial charge in [-0.3, -0.25) is 0 Å². The zero-order chi connectivity index (χ0) is 14.8. The van der Waals surface area contributed by atoms with Crippen LogP contribution >= 0.6 is 11.6 Å². The van der Waals surface area contributed by atoms with Crippen LogP contribution < -0.4 is 0 Å². The van der Waals surface area contributed by atoms with Crippen molar-refractivity contribution in [2.75, 3.05) is 7.05 Å². The van der Waals surface area contributed by atoms with Gasteiger partial charge in [-0.15, -0.1) is 0 Å². The number of benzene rings is 2. The second-order valence-electron chi connectivity index (χ2n) is 5.39. The number of likely N-dealkylation sites (N-methyl/N-ethyl adjacent to an activating group) is 1. The number of hydrogen-bond donors (Lipinski definition) is 0. The van der Waals surface area contributed by atoms with Gasteiger partial charge in [-0.2, -0.15) is 0 Å². The number of fused-ring (bicyclic) bond motifs is 1. The van der Waals surface area contributed by atoms with Gasteiger partial charge in [-0.1, -0.05) is 48.9 Å². The van der Waals surface area contributed by atoms with E-state index in [1.165, 1.54) is 11.1 Å². The van der Waals surface area contributed by atoms with Crippen LogP contribution in [0, 0.1) is 0 Å².